The number of para-hydroxylation sites is 1. The summed E-state index contributed by atoms with van der Waals surface area (Å²) >= 11 is 6.03. The van der Waals surface area contributed by atoms with Crippen molar-refractivity contribution in [2.75, 3.05) is 4.90 Å². The molecule has 42 heavy (non-hydrogen) atoms. The minimum Gasteiger partial charge on any atom is -0.451 e. The van der Waals surface area contributed by atoms with E-state index in [1.165, 1.54) is 17.9 Å². The number of carbonyl (C=O) groups excluding carboxylic acids is 4. The first kappa shape index (κ1) is 26.5. The van der Waals surface area contributed by atoms with Gasteiger partial charge in [0.1, 0.15) is 0 Å². The van der Waals surface area contributed by atoms with E-state index in [2.05, 4.69) is 0 Å². The number of nitrogens with zero attached hydrogens (tertiary/aromatic N) is 2. The number of benzene rings is 3. The second kappa shape index (κ2) is 10.2. The molecule has 210 valence electrons. The SMILES string of the molecule is C[C@@H](OC(=O)c1cc(-c2ccc(N3C(=O)[C@@H]4[C@@H]5CC[C@@H](C5)[C@@H]4C3=O)cc2)nc2ccccc12)C(=O)c1cccc(Cl)c1. The van der Waals surface area contributed by atoms with Gasteiger partial charge in [-0.2, -0.15) is 0 Å². The van der Waals surface area contributed by atoms with E-state index in [9.17, 15) is 19.2 Å². The van der Waals surface area contributed by atoms with Gasteiger partial charge in [0.25, 0.3) is 0 Å². The number of aromatic nitrogens is 1. The lowest BCUT2D eigenvalue weighted by Gasteiger charge is -2.19. The van der Waals surface area contributed by atoms with Crippen molar-refractivity contribution < 1.29 is 23.9 Å². The van der Waals surface area contributed by atoms with E-state index in [0.717, 1.165) is 19.3 Å². The number of halogens is 1. The maximum absolute atomic E-state index is 13.4. The van der Waals surface area contributed by atoms with Crippen LogP contribution in [-0.2, 0) is 14.3 Å². The fourth-order valence-corrected chi connectivity index (χ4v) is 7.28. The van der Waals surface area contributed by atoms with Crippen molar-refractivity contribution in [2.45, 2.75) is 32.3 Å². The maximum Gasteiger partial charge on any atom is 0.339 e. The molecule has 4 aromatic rings. The molecule has 1 aromatic heterocycles. The molecule has 0 spiro atoms. The van der Waals surface area contributed by atoms with Crippen LogP contribution in [-0.4, -0.2) is 34.7 Å². The quantitative estimate of drug-likeness (QED) is 0.147. The molecule has 0 unspecified atom stereocenters. The lowest BCUT2D eigenvalue weighted by Crippen LogP contribution is -2.32. The summed E-state index contributed by atoms with van der Waals surface area (Å²) in [6.07, 6.45) is 2.02. The molecule has 3 aliphatic rings. The van der Waals surface area contributed by atoms with Crippen LogP contribution >= 0.6 is 11.6 Å². The van der Waals surface area contributed by atoms with Crippen LogP contribution in [0, 0.1) is 23.7 Å². The Morgan fingerprint density at radius 2 is 1.60 bits per heavy atom. The Balaban J connectivity index is 1.16. The summed E-state index contributed by atoms with van der Waals surface area (Å²) in [6.45, 7) is 1.53. The van der Waals surface area contributed by atoms with Crippen LogP contribution in [0.15, 0.2) is 78.9 Å². The molecule has 0 radical (unpaired) electrons. The maximum atomic E-state index is 13.4. The number of hydrogen-bond acceptors (Lipinski definition) is 6. The van der Waals surface area contributed by atoms with Gasteiger partial charge in [0, 0.05) is 21.5 Å². The average molecular weight is 579 g/mol. The molecule has 3 fully saturated rings. The first-order chi connectivity index (χ1) is 20.3. The number of imide groups is 1. The number of pyridine rings is 1. The Kier molecular flexibility index (Phi) is 6.43. The van der Waals surface area contributed by atoms with Crippen molar-refractivity contribution >= 4 is 51.8 Å². The van der Waals surface area contributed by atoms with E-state index in [0.29, 0.717) is 50.3 Å². The van der Waals surface area contributed by atoms with Crippen LogP contribution in [0.1, 0.15) is 46.9 Å². The van der Waals surface area contributed by atoms with Gasteiger partial charge in [-0.05, 0) is 74.4 Å². The number of ketones is 1. The van der Waals surface area contributed by atoms with Crippen molar-refractivity contribution in [2.24, 2.45) is 23.7 Å². The van der Waals surface area contributed by atoms with Crippen molar-refractivity contribution in [1.29, 1.82) is 0 Å². The molecule has 8 heteroatoms. The van der Waals surface area contributed by atoms with Gasteiger partial charge in [0.15, 0.2) is 6.10 Å². The molecule has 3 aromatic carbocycles. The zero-order chi connectivity index (χ0) is 29.1. The minimum atomic E-state index is -1.03. The minimum absolute atomic E-state index is 0.0831. The summed E-state index contributed by atoms with van der Waals surface area (Å²) < 4.78 is 5.62. The van der Waals surface area contributed by atoms with Gasteiger partial charge in [-0.1, -0.05) is 54.1 Å². The third-order valence-corrected chi connectivity index (χ3v) is 9.28. The highest BCUT2D eigenvalue weighted by atomic mass is 35.5. The highest BCUT2D eigenvalue weighted by Crippen LogP contribution is 2.56. The molecule has 0 N–H and O–H groups in total. The van der Waals surface area contributed by atoms with Crippen LogP contribution in [0.3, 0.4) is 0 Å². The average Bonchev–Trinajstić information content (AvgIpc) is 3.69. The molecule has 2 aliphatic carbocycles. The Hall–Kier alpha value is -4.36. The number of esters is 1. The number of amides is 2. The van der Waals surface area contributed by atoms with E-state index >= 15 is 0 Å². The fourth-order valence-electron chi connectivity index (χ4n) is 7.09. The second-order valence-corrected chi connectivity index (χ2v) is 11.9. The number of fused-ring (bicyclic) bond motifs is 6. The van der Waals surface area contributed by atoms with Gasteiger partial charge < -0.3 is 4.74 Å². The number of anilines is 1. The predicted molar refractivity (Wildman–Crippen MR) is 158 cm³/mol. The first-order valence-corrected chi connectivity index (χ1v) is 14.6. The molecule has 7 rings (SSSR count). The molecule has 1 aliphatic heterocycles. The lowest BCUT2D eigenvalue weighted by molar-refractivity contribution is -0.123. The first-order valence-electron chi connectivity index (χ1n) is 14.2. The summed E-state index contributed by atoms with van der Waals surface area (Å²) in [4.78, 5) is 58.9. The standard InChI is InChI=1S/C34H27ClN2O5/c1-18(31(38)22-5-4-6-23(35)16-22)42-34(41)26-17-28(36-27-8-3-2-7-25(26)27)19-11-13-24(14-12-19)37-32(39)29-20-9-10-21(15-20)30(29)33(37)40/h2-8,11-14,16-18,20-21,29-30H,9-10,15H2,1H3/t18-,20-,21+,29-,30+/m1/s1. The highest BCUT2D eigenvalue weighted by Gasteiger charge is 2.61. The van der Waals surface area contributed by atoms with Crippen LogP contribution in [0.25, 0.3) is 22.2 Å². The second-order valence-electron chi connectivity index (χ2n) is 11.4. The Labute approximate surface area is 247 Å². The lowest BCUT2D eigenvalue weighted by atomic mass is 9.81. The third kappa shape index (κ3) is 4.31. The molecule has 2 saturated carbocycles. The predicted octanol–water partition coefficient (Wildman–Crippen LogP) is 6.52. The van der Waals surface area contributed by atoms with E-state index in [1.54, 1.807) is 66.7 Å². The summed E-state index contributed by atoms with van der Waals surface area (Å²) in [7, 11) is 0. The topological polar surface area (TPSA) is 93.6 Å². The molecular weight excluding hydrogens is 552 g/mol. The molecular formula is C34H27ClN2O5. The molecule has 1 saturated heterocycles. The number of hydrogen-bond donors (Lipinski definition) is 0. The van der Waals surface area contributed by atoms with Crippen molar-refractivity contribution in [1.82, 2.24) is 4.98 Å². The van der Waals surface area contributed by atoms with Gasteiger partial charge in [-0.15, -0.1) is 0 Å². The normalized spacial score (nSPS) is 23.3. The Bertz CT molecular complexity index is 1760. The van der Waals surface area contributed by atoms with Crippen LogP contribution in [0.5, 0.6) is 0 Å². The van der Waals surface area contributed by atoms with Gasteiger partial charge in [-0.3, -0.25) is 19.3 Å². The zero-order valence-electron chi connectivity index (χ0n) is 22.8. The van der Waals surface area contributed by atoms with Gasteiger partial charge in [0.05, 0.1) is 34.3 Å². The van der Waals surface area contributed by atoms with E-state index in [4.69, 9.17) is 21.3 Å². The van der Waals surface area contributed by atoms with E-state index < -0.39 is 12.1 Å². The van der Waals surface area contributed by atoms with Gasteiger partial charge in [0.2, 0.25) is 17.6 Å². The largest absolute Gasteiger partial charge is 0.451 e. The number of rotatable bonds is 6. The molecule has 2 bridgehead atoms. The summed E-state index contributed by atoms with van der Waals surface area (Å²) in [6, 6.07) is 22.5. The third-order valence-electron chi connectivity index (χ3n) is 9.05. The van der Waals surface area contributed by atoms with Crippen LogP contribution in [0.4, 0.5) is 5.69 Å². The molecule has 2 amide bonds. The summed E-state index contributed by atoms with van der Waals surface area (Å²) in [5.41, 5.74) is 3.01. The van der Waals surface area contributed by atoms with E-state index in [1.807, 2.05) is 6.07 Å². The van der Waals surface area contributed by atoms with E-state index in [-0.39, 0.29) is 35.0 Å². The molecule has 7 nitrogen and oxygen atoms in total. The van der Waals surface area contributed by atoms with Crippen molar-refractivity contribution in [3.63, 3.8) is 0 Å². The van der Waals surface area contributed by atoms with Crippen molar-refractivity contribution in [3.8, 4) is 11.3 Å². The van der Waals surface area contributed by atoms with Crippen LogP contribution in [0.2, 0.25) is 5.02 Å². The van der Waals surface area contributed by atoms with Crippen molar-refractivity contribution in [3.05, 3.63) is 95.0 Å². The Morgan fingerprint density at radius 1 is 0.905 bits per heavy atom. The number of Topliss-reactive ketones (excluding diaryl/α,β-unsaturated/α-hetero) is 1. The zero-order valence-corrected chi connectivity index (χ0v) is 23.6. The number of carbonyl (C=O) groups is 4. The van der Waals surface area contributed by atoms with Gasteiger partial charge >= 0.3 is 5.97 Å². The molecule has 5 atom stereocenters. The number of ether oxygens (including phenoxy) is 1. The summed E-state index contributed by atoms with van der Waals surface area (Å²) in [5, 5.41) is 1.02. The molecule has 2 heterocycles. The smallest absolute Gasteiger partial charge is 0.339 e. The van der Waals surface area contributed by atoms with Gasteiger partial charge in [-0.25, -0.2) is 9.78 Å². The Morgan fingerprint density at radius 3 is 2.29 bits per heavy atom. The monoisotopic (exact) mass is 578 g/mol. The summed E-state index contributed by atoms with van der Waals surface area (Å²) in [5.74, 6) is -0.888. The highest BCUT2D eigenvalue weighted by molar-refractivity contribution is 6.31. The fraction of sp³-hybridized carbons (Fsp3) is 0.265. The van der Waals surface area contributed by atoms with Crippen LogP contribution < -0.4 is 4.90 Å².